The number of fused-ring (bicyclic) bond motifs is 1. The van der Waals surface area contributed by atoms with E-state index in [2.05, 4.69) is 4.90 Å². The predicted octanol–water partition coefficient (Wildman–Crippen LogP) is 5.75. The smallest absolute Gasteiger partial charge is 0.150 e. The fourth-order valence-corrected chi connectivity index (χ4v) is 5.02. The molecule has 0 amide bonds. The summed E-state index contributed by atoms with van der Waals surface area (Å²) in [5.74, 6) is 2.07. The van der Waals surface area contributed by atoms with Crippen molar-refractivity contribution >= 4 is 11.1 Å². The summed E-state index contributed by atoms with van der Waals surface area (Å²) in [4.78, 5) is 2.20. The summed E-state index contributed by atoms with van der Waals surface area (Å²) in [6.07, 6.45) is -0.388. The van der Waals surface area contributed by atoms with Gasteiger partial charge in [-0.15, -0.1) is 0 Å². The van der Waals surface area contributed by atoms with Crippen molar-refractivity contribution < 1.29 is 24.1 Å². The lowest BCUT2D eigenvalue weighted by atomic mass is 9.84. The van der Waals surface area contributed by atoms with E-state index in [9.17, 15) is 14.6 Å². The van der Waals surface area contributed by atoms with E-state index in [1.807, 2.05) is 50.2 Å². The molecule has 1 unspecified atom stereocenters. The van der Waals surface area contributed by atoms with Crippen LogP contribution in [0.1, 0.15) is 35.3 Å². The van der Waals surface area contributed by atoms with Gasteiger partial charge in [-0.3, -0.25) is 9.29 Å². The van der Waals surface area contributed by atoms with Gasteiger partial charge in [-0.05, 0) is 66.9 Å². The summed E-state index contributed by atoms with van der Waals surface area (Å²) in [6, 6.07) is 18.5. The van der Waals surface area contributed by atoms with E-state index < -0.39 is 0 Å². The second-order valence-corrected chi connectivity index (χ2v) is 9.37. The Morgan fingerprint density at radius 2 is 1.80 bits per heavy atom. The lowest BCUT2D eigenvalue weighted by Gasteiger charge is -2.37. The molecule has 0 spiro atoms. The number of phenolic OH excluding ortho intramolecular Hbond substituents is 2. The Kier molecular flexibility index (Phi) is 6.39. The molecule has 1 saturated heterocycles. The molecular weight excluding hydrogens is 445 g/mol. The minimum Gasteiger partial charge on any atom is -0.508 e. The average molecular weight is 476 g/mol. The molecule has 2 aliphatic heterocycles. The van der Waals surface area contributed by atoms with E-state index in [-0.39, 0.29) is 30.2 Å². The Morgan fingerprint density at radius 3 is 2.51 bits per heavy atom. The molecule has 2 N–H and O–H groups in total. The molecule has 182 valence electrons. The molecule has 6 heteroatoms. The first-order chi connectivity index (χ1) is 16.9. The number of hydrogen-bond acceptors (Lipinski definition) is 5. The molecular formula is C29H30FNO4. The normalized spacial score (nSPS) is 18.1. The Labute approximate surface area is 205 Å². The van der Waals surface area contributed by atoms with Gasteiger partial charge in [0.05, 0.1) is 6.67 Å². The molecule has 0 aliphatic carbocycles. The van der Waals surface area contributed by atoms with E-state index in [1.165, 1.54) is 0 Å². The number of halogens is 1. The van der Waals surface area contributed by atoms with Crippen LogP contribution < -0.4 is 9.47 Å². The molecule has 5 nitrogen and oxygen atoms in total. The van der Waals surface area contributed by atoms with Crippen molar-refractivity contribution in [2.45, 2.75) is 20.0 Å². The molecule has 2 aliphatic rings. The van der Waals surface area contributed by atoms with Crippen molar-refractivity contribution in [2.24, 2.45) is 5.92 Å². The van der Waals surface area contributed by atoms with Crippen LogP contribution in [0.3, 0.4) is 0 Å². The van der Waals surface area contributed by atoms with Crippen molar-refractivity contribution in [3.63, 3.8) is 0 Å². The van der Waals surface area contributed by atoms with Crippen LogP contribution in [0, 0.1) is 12.8 Å². The maximum atomic E-state index is 12.6. The van der Waals surface area contributed by atoms with Crippen LogP contribution in [0.5, 0.6) is 23.0 Å². The molecule has 0 aromatic heterocycles. The SMILES string of the molecule is CC1=C(c2cccc(O)c2)C(c2ccc(OCCN3CC(CF)C3)cc2)Oc2ccc(O)c(C)c21. The number of allylic oxidation sites excluding steroid dienone is 1. The highest BCUT2D eigenvalue weighted by Gasteiger charge is 2.31. The highest BCUT2D eigenvalue weighted by atomic mass is 19.1. The minimum atomic E-state index is -0.388. The molecule has 0 bridgehead atoms. The summed E-state index contributed by atoms with van der Waals surface area (Å²) in [6.45, 7) is 6.62. The summed E-state index contributed by atoms with van der Waals surface area (Å²) in [7, 11) is 0. The third-order valence-corrected chi connectivity index (χ3v) is 6.95. The lowest BCUT2D eigenvalue weighted by molar-refractivity contribution is 0.0668. The molecule has 0 radical (unpaired) electrons. The predicted molar refractivity (Wildman–Crippen MR) is 135 cm³/mol. The number of alkyl halides is 1. The van der Waals surface area contributed by atoms with Crippen LogP contribution >= 0.6 is 0 Å². The van der Waals surface area contributed by atoms with Gasteiger partial charge in [-0.2, -0.15) is 0 Å². The average Bonchev–Trinajstić information content (AvgIpc) is 2.83. The number of likely N-dealkylation sites (tertiary alicyclic amines) is 1. The molecule has 1 atom stereocenters. The molecule has 0 saturated carbocycles. The summed E-state index contributed by atoms with van der Waals surface area (Å²) >= 11 is 0. The van der Waals surface area contributed by atoms with Crippen LogP contribution in [0.4, 0.5) is 4.39 Å². The van der Waals surface area contributed by atoms with Crippen molar-refractivity contribution in [1.29, 1.82) is 0 Å². The maximum Gasteiger partial charge on any atom is 0.150 e. The van der Waals surface area contributed by atoms with Crippen molar-refractivity contribution in [1.82, 2.24) is 4.90 Å². The molecule has 2 heterocycles. The van der Waals surface area contributed by atoms with E-state index in [1.54, 1.807) is 24.3 Å². The number of aromatic hydroxyl groups is 2. The molecule has 35 heavy (non-hydrogen) atoms. The summed E-state index contributed by atoms with van der Waals surface area (Å²) in [5.41, 5.74) is 5.40. The first-order valence-electron chi connectivity index (χ1n) is 12.0. The van der Waals surface area contributed by atoms with Crippen molar-refractivity contribution in [2.75, 3.05) is 32.9 Å². The van der Waals surface area contributed by atoms with E-state index >= 15 is 0 Å². The maximum absolute atomic E-state index is 12.6. The largest absolute Gasteiger partial charge is 0.508 e. The van der Waals surface area contributed by atoms with Gasteiger partial charge in [-0.1, -0.05) is 24.3 Å². The molecule has 3 aromatic carbocycles. The van der Waals surface area contributed by atoms with Gasteiger partial charge >= 0.3 is 0 Å². The molecule has 5 rings (SSSR count). The van der Waals surface area contributed by atoms with Gasteiger partial charge < -0.3 is 19.7 Å². The third kappa shape index (κ3) is 4.58. The summed E-state index contributed by atoms with van der Waals surface area (Å²) < 4.78 is 25.0. The van der Waals surface area contributed by atoms with E-state index in [4.69, 9.17) is 9.47 Å². The third-order valence-electron chi connectivity index (χ3n) is 6.95. The second kappa shape index (κ2) is 9.62. The monoisotopic (exact) mass is 475 g/mol. The van der Waals surface area contributed by atoms with Crippen LogP contribution in [0.25, 0.3) is 11.1 Å². The van der Waals surface area contributed by atoms with Crippen LogP contribution in [0.2, 0.25) is 0 Å². The standard InChI is InChI=1S/C29H30FNO4/c1-18-25(33)10-11-26-27(18)19(2)28(22-4-3-5-23(32)14-22)29(35-26)21-6-8-24(9-7-21)34-13-12-31-16-20(15-30)17-31/h3-11,14,20,29,32-33H,12-13,15-17H2,1-2H3. The second-order valence-electron chi connectivity index (χ2n) is 9.37. The fourth-order valence-electron chi connectivity index (χ4n) is 5.02. The van der Waals surface area contributed by atoms with Crippen LogP contribution in [-0.2, 0) is 0 Å². The highest BCUT2D eigenvalue weighted by molar-refractivity contribution is 5.96. The zero-order chi connectivity index (χ0) is 24.5. The summed E-state index contributed by atoms with van der Waals surface area (Å²) in [5, 5.41) is 20.5. The molecule has 1 fully saturated rings. The van der Waals surface area contributed by atoms with E-state index in [0.717, 1.165) is 58.8 Å². The lowest BCUT2D eigenvalue weighted by Crippen LogP contribution is -2.49. The van der Waals surface area contributed by atoms with Crippen molar-refractivity contribution in [3.05, 3.63) is 82.9 Å². The minimum absolute atomic E-state index is 0.180. The van der Waals surface area contributed by atoms with Gasteiger partial charge in [0.15, 0.2) is 0 Å². The zero-order valence-electron chi connectivity index (χ0n) is 20.0. The number of ether oxygens (including phenoxy) is 2. The number of phenols is 2. The van der Waals surface area contributed by atoms with E-state index in [0.29, 0.717) is 12.4 Å². The Balaban J connectivity index is 1.41. The topological polar surface area (TPSA) is 62.2 Å². The van der Waals surface area contributed by atoms with Gasteiger partial charge in [-0.25, -0.2) is 0 Å². The first kappa shape index (κ1) is 23.2. The van der Waals surface area contributed by atoms with Gasteiger partial charge in [0.25, 0.3) is 0 Å². The number of nitrogens with zero attached hydrogens (tertiary/aromatic N) is 1. The Bertz CT molecular complexity index is 1250. The van der Waals surface area contributed by atoms with Gasteiger partial charge in [0, 0.05) is 42.3 Å². The fraction of sp³-hybridized carbons (Fsp3) is 0.310. The first-order valence-corrected chi connectivity index (χ1v) is 12.0. The number of benzene rings is 3. The highest BCUT2D eigenvalue weighted by Crippen LogP contribution is 2.49. The zero-order valence-corrected chi connectivity index (χ0v) is 20.0. The Morgan fingerprint density at radius 1 is 1.03 bits per heavy atom. The van der Waals surface area contributed by atoms with Crippen LogP contribution in [0.15, 0.2) is 60.7 Å². The number of rotatable bonds is 7. The quantitative estimate of drug-likeness (QED) is 0.456. The van der Waals surface area contributed by atoms with Gasteiger partial charge in [0.2, 0.25) is 0 Å². The Hall–Kier alpha value is -3.51. The van der Waals surface area contributed by atoms with Crippen LogP contribution in [-0.4, -0.2) is 48.0 Å². The van der Waals surface area contributed by atoms with Gasteiger partial charge in [0.1, 0.15) is 35.7 Å². The van der Waals surface area contributed by atoms with Crippen molar-refractivity contribution in [3.8, 4) is 23.0 Å². The molecule has 3 aromatic rings. The number of hydrogen-bond donors (Lipinski definition) is 2.